The molecule has 0 heterocycles. The third-order valence-electron chi connectivity index (χ3n) is 3.93. The van der Waals surface area contributed by atoms with Gasteiger partial charge in [0.2, 0.25) is 0 Å². The van der Waals surface area contributed by atoms with Gasteiger partial charge in [-0.1, -0.05) is 65.8 Å². The summed E-state index contributed by atoms with van der Waals surface area (Å²) in [4.78, 5) is 35.8. The fourth-order valence-electron chi connectivity index (χ4n) is 2.11. The Hall–Kier alpha value is -2.03. The van der Waals surface area contributed by atoms with Gasteiger partial charge in [0.25, 0.3) is 0 Å². The first-order chi connectivity index (χ1) is 11.4. The Morgan fingerprint density at radius 3 is 1.92 bits per heavy atom. The number of Topliss-reactive ketones (excluding diaryl/α,β-unsaturated/α-hetero) is 1. The highest BCUT2D eigenvalue weighted by Gasteiger charge is 2.19. The van der Waals surface area contributed by atoms with E-state index in [1.165, 1.54) is 17.7 Å². The standard InChI is InChI=1S/C22H30O3/c1-21(2,3)14-13-16-7-9-17(10-8-16)19(24)15-18(23)11-12-20(25)22(4,5)6/h7-12H,13-15H2,1-6H3/b12-11-. The van der Waals surface area contributed by atoms with Crippen LogP contribution in [0, 0.1) is 10.8 Å². The summed E-state index contributed by atoms with van der Waals surface area (Å²) in [7, 11) is 0. The van der Waals surface area contributed by atoms with Crippen molar-refractivity contribution in [1.29, 1.82) is 0 Å². The molecule has 0 radical (unpaired) electrons. The van der Waals surface area contributed by atoms with Crippen LogP contribution in [0.2, 0.25) is 0 Å². The molecule has 0 aliphatic rings. The lowest BCUT2D eigenvalue weighted by molar-refractivity contribution is -0.122. The molecule has 1 aromatic rings. The Balaban J connectivity index is 2.61. The minimum Gasteiger partial charge on any atom is -0.294 e. The van der Waals surface area contributed by atoms with Crippen LogP contribution in [-0.4, -0.2) is 17.3 Å². The van der Waals surface area contributed by atoms with Gasteiger partial charge in [-0.25, -0.2) is 0 Å². The van der Waals surface area contributed by atoms with Gasteiger partial charge in [-0.15, -0.1) is 0 Å². The Bertz CT molecular complexity index is 650. The van der Waals surface area contributed by atoms with Crippen molar-refractivity contribution in [2.45, 2.75) is 60.8 Å². The number of carbonyl (C=O) groups is 3. The molecule has 0 spiro atoms. The number of hydrogen-bond acceptors (Lipinski definition) is 3. The van der Waals surface area contributed by atoms with E-state index in [0.717, 1.165) is 12.8 Å². The second-order valence-corrected chi connectivity index (χ2v) is 8.77. The summed E-state index contributed by atoms with van der Waals surface area (Å²) in [5.74, 6) is -0.698. The molecular weight excluding hydrogens is 312 g/mol. The Morgan fingerprint density at radius 1 is 0.880 bits per heavy atom. The first-order valence-electron chi connectivity index (χ1n) is 8.76. The topological polar surface area (TPSA) is 51.2 Å². The first-order valence-corrected chi connectivity index (χ1v) is 8.76. The van der Waals surface area contributed by atoms with Crippen LogP contribution in [0.25, 0.3) is 0 Å². The molecule has 0 aliphatic carbocycles. The van der Waals surface area contributed by atoms with Crippen LogP contribution in [0.1, 0.15) is 70.3 Å². The van der Waals surface area contributed by atoms with Crippen molar-refractivity contribution in [3.05, 3.63) is 47.5 Å². The summed E-state index contributed by atoms with van der Waals surface area (Å²) in [6.07, 6.45) is 4.31. The monoisotopic (exact) mass is 342 g/mol. The molecule has 0 N–H and O–H groups in total. The van der Waals surface area contributed by atoms with Crippen molar-refractivity contribution in [2.24, 2.45) is 10.8 Å². The van der Waals surface area contributed by atoms with E-state index in [1.807, 2.05) is 12.1 Å². The lowest BCUT2D eigenvalue weighted by Gasteiger charge is -2.17. The predicted octanol–water partition coefficient (Wildman–Crippen LogP) is 4.98. The van der Waals surface area contributed by atoms with Gasteiger partial charge < -0.3 is 0 Å². The molecule has 25 heavy (non-hydrogen) atoms. The fraction of sp³-hybridized carbons (Fsp3) is 0.500. The molecule has 0 saturated carbocycles. The molecule has 0 saturated heterocycles. The lowest BCUT2D eigenvalue weighted by atomic mass is 9.88. The Morgan fingerprint density at radius 2 is 1.44 bits per heavy atom. The molecule has 1 aromatic carbocycles. The summed E-state index contributed by atoms with van der Waals surface area (Å²) < 4.78 is 0. The Labute approximate surface area is 151 Å². The largest absolute Gasteiger partial charge is 0.294 e. The maximum Gasteiger partial charge on any atom is 0.170 e. The number of allylic oxidation sites excluding steroid dienone is 2. The van der Waals surface area contributed by atoms with Gasteiger partial charge >= 0.3 is 0 Å². The summed E-state index contributed by atoms with van der Waals surface area (Å²) in [6.45, 7) is 12.0. The zero-order valence-corrected chi connectivity index (χ0v) is 16.3. The summed E-state index contributed by atoms with van der Waals surface area (Å²) in [6, 6.07) is 7.44. The highest BCUT2D eigenvalue weighted by molar-refractivity contribution is 6.12. The zero-order valence-electron chi connectivity index (χ0n) is 16.3. The molecule has 0 amide bonds. The number of rotatable bonds is 7. The smallest absolute Gasteiger partial charge is 0.170 e. The van der Waals surface area contributed by atoms with Crippen LogP contribution in [0.5, 0.6) is 0 Å². The SMILES string of the molecule is CC(C)(C)CCc1ccc(C(=O)CC(=O)/C=C\C(=O)C(C)(C)C)cc1. The maximum atomic E-state index is 12.2. The van der Waals surface area contributed by atoms with Crippen molar-refractivity contribution in [1.82, 2.24) is 0 Å². The van der Waals surface area contributed by atoms with E-state index in [9.17, 15) is 14.4 Å². The average Bonchev–Trinajstić information content (AvgIpc) is 2.49. The third-order valence-corrected chi connectivity index (χ3v) is 3.93. The van der Waals surface area contributed by atoms with Crippen LogP contribution in [-0.2, 0) is 16.0 Å². The quantitative estimate of drug-likeness (QED) is 0.399. The highest BCUT2D eigenvalue weighted by Crippen LogP contribution is 2.21. The maximum absolute atomic E-state index is 12.2. The van der Waals surface area contributed by atoms with Crippen LogP contribution in [0.3, 0.4) is 0 Å². The van der Waals surface area contributed by atoms with Crippen LogP contribution >= 0.6 is 0 Å². The highest BCUT2D eigenvalue weighted by atomic mass is 16.1. The first kappa shape index (κ1) is 21.0. The molecule has 0 fully saturated rings. The van der Waals surface area contributed by atoms with Gasteiger partial charge in [0.15, 0.2) is 17.3 Å². The molecule has 0 unspecified atom stereocenters. The number of hydrogen-bond donors (Lipinski definition) is 0. The van der Waals surface area contributed by atoms with E-state index in [1.54, 1.807) is 32.9 Å². The van der Waals surface area contributed by atoms with E-state index in [-0.39, 0.29) is 29.2 Å². The van der Waals surface area contributed by atoms with E-state index in [2.05, 4.69) is 20.8 Å². The van der Waals surface area contributed by atoms with Crippen LogP contribution in [0.15, 0.2) is 36.4 Å². The van der Waals surface area contributed by atoms with Gasteiger partial charge in [0, 0.05) is 11.0 Å². The minimum absolute atomic E-state index is 0.128. The molecule has 3 nitrogen and oxygen atoms in total. The number of ketones is 3. The van der Waals surface area contributed by atoms with Crippen molar-refractivity contribution >= 4 is 17.3 Å². The van der Waals surface area contributed by atoms with Crippen molar-refractivity contribution in [3.63, 3.8) is 0 Å². The van der Waals surface area contributed by atoms with Gasteiger partial charge in [-0.2, -0.15) is 0 Å². The van der Waals surface area contributed by atoms with Crippen LogP contribution in [0.4, 0.5) is 0 Å². The molecular formula is C22H30O3. The summed E-state index contributed by atoms with van der Waals surface area (Å²) in [5, 5.41) is 0. The lowest BCUT2D eigenvalue weighted by Crippen LogP contribution is -2.17. The van der Waals surface area contributed by atoms with Crippen molar-refractivity contribution in [3.8, 4) is 0 Å². The van der Waals surface area contributed by atoms with Gasteiger partial charge in [-0.3, -0.25) is 14.4 Å². The van der Waals surface area contributed by atoms with Gasteiger partial charge in [0.1, 0.15) is 0 Å². The molecule has 0 atom stereocenters. The van der Waals surface area contributed by atoms with Crippen molar-refractivity contribution in [2.75, 3.05) is 0 Å². The van der Waals surface area contributed by atoms with Gasteiger partial charge in [-0.05, 0) is 36.0 Å². The molecule has 136 valence electrons. The number of carbonyl (C=O) groups excluding carboxylic acids is 3. The molecule has 0 aromatic heterocycles. The fourth-order valence-corrected chi connectivity index (χ4v) is 2.11. The summed E-state index contributed by atoms with van der Waals surface area (Å²) in [5.41, 5.74) is 1.47. The van der Waals surface area contributed by atoms with E-state index < -0.39 is 5.41 Å². The average molecular weight is 342 g/mol. The minimum atomic E-state index is -0.524. The molecule has 3 heteroatoms. The van der Waals surface area contributed by atoms with E-state index in [4.69, 9.17) is 0 Å². The van der Waals surface area contributed by atoms with Crippen molar-refractivity contribution < 1.29 is 14.4 Å². The summed E-state index contributed by atoms with van der Waals surface area (Å²) >= 11 is 0. The molecule has 1 rings (SSSR count). The van der Waals surface area contributed by atoms with E-state index >= 15 is 0 Å². The normalized spacial score (nSPS) is 12.4. The Kier molecular flexibility index (Phi) is 7.04. The predicted molar refractivity (Wildman–Crippen MR) is 102 cm³/mol. The third kappa shape index (κ3) is 8.06. The second-order valence-electron chi connectivity index (χ2n) is 8.77. The number of aryl methyl sites for hydroxylation is 1. The molecule has 0 aliphatic heterocycles. The van der Waals surface area contributed by atoms with Crippen LogP contribution < -0.4 is 0 Å². The van der Waals surface area contributed by atoms with Gasteiger partial charge in [0.05, 0.1) is 6.42 Å². The number of benzene rings is 1. The van der Waals surface area contributed by atoms with E-state index in [0.29, 0.717) is 5.56 Å². The molecule has 0 bridgehead atoms. The second kappa shape index (κ2) is 8.37. The zero-order chi connectivity index (χ0) is 19.3.